The van der Waals surface area contributed by atoms with E-state index in [0.29, 0.717) is 0 Å². The van der Waals surface area contributed by atoms with Gasteiger partial charge in [0.05, 0.1) is 5.52 Å². The summed E-state index contributed by atoms with van der Waals surface area (Å²) >= 11 is 0. The molecular formula is C16H12N4. The first kappa shape index (κ1) is 11.1. The van der Waals surface area contributed by atoms with Crippen LogP contribution < -0.4 is 0 Å². The second-order valence-corrected chi connectivity index (χ2v) is 4.81. The summed E-state index contributed by atoms with van der Waals surface area (Å²) in [6, 6.07) is 16.2. The second-order valence-electron chi connectivity index (χ2n) is 4.81. The van der Waals surface area contributed by atoms with Gasteiger partial charge in [-0.15, -0.1) is 0 Å². The Morgan fingerprint density at radius 2 is 1.60 bits per heavy atom. The first-order chi connectivity index (χ1) is 9.84. The third kappa shape index (κ3) is 1.51. The van der Waals surface area contributed by atoms with Gasteiger partial charge in [-0.05, 0) is 18.6 Å². The van der Waals surface area contributed by atoms with E-state index in [1.807, 2.05) is 36.4 Å². The Kier molecular flexibility index (Phi) is 2.29. The third-order valence-corrected chi connectivity index (χ3v) is 3.56. The fraction of sp³-hybridized carbons (Fsp3) is 0.0625. The third-order valence-electron chi connectivity index (χ3n) is 3.56. The number of hydrogen-bond acceptors (Lipinski definition) is 3. The fourth-order valence-electron chi connectivity index (χ4n) is 2.55. The number of H-pyrrole nitrogens is 1. The molecule has 2 aromatic heterocycles. The monoisotopic (exact) mass is 260 g/mol. The van der Waals surface area contributed by atoms with Crippen LogP contribution in [0, 0.1) is 6.92 Å². The van der Waals surface area contributed by atoms with Crippen LogP contribution in [0.15, 0.2) is 48.5 Å². The second kappa shape index (κ2) is 4.13. The molecule has 2 aromatic carbocycles. The maximum Gasteiger partial charge on any atom is 0.139 e. The minimum absolute atomic E-state index is 0.818. The summed E-state index contributed by atoms with van der Waals surface area (Å²) in [4.78, 5) is 4.78. The molecule has 0 amide bonds. The predicted octanol–water partition coefficient (Wildman–Crippen LogP) is 3.48. The van der Waals surface area contributed by atoms with Gasteiger partial charge in [0.25, 0.3) is 0 Å². The topological polar surface area (TPSA) is 54.5 Å². The zero-order valence-corrected chi connectivity index (χ0v) is 11.0. The molecule has 1 N–H and O–H groups in total. The lowest BCUT2D eigenvalue weighted by Crippen LogP contribution is -1.91. The van der Waals surface area contributed by atoms with Crippen molar-refractivity contribution in [3.05, 3.63) is 54.1 Å². The zero-order valence-electron chi connectivity index (χ0n) is 11.0. The van der Waals surface area contributed by atoms with E-state index in [2.05, 4.69) is 34.5 Å². The van der Waals surface area contributed by atoms with Gasteiger partial charge in [0.15, 0.2) is 0 Å². The van der Waals surface area contributed by atoms with Crippen LogP contribution >= 0.6 is 0 Å². The maximum absolute atomic E-state index is 4.78. The number of hydrogen-bond donors (Lipinski definition) is 1. The summed E-state index contributed by atoms with van der Waals surface area (Å²) < 4.78 is 0. The molecule has 20 heavy (non-hydrogen) atoms. The summed E-state index contributed by atoms with van der Waals surface area (Å²) in [6.07, 6.45) is 0. The molecule has 0 radical (unpaired) electrons. The van der Waals surface area contributed by atoms with Gasteiger partial charge in [-0.25, -0.2) is 4.98 Å². The van der Waals surface area contributed by atoms with Gasteiger partial charge in [0.2, 0.25) is 0 Å². The smallest absolute Gasteiger partial charge is 0.139 e. The Balaban J connectivity index is 2.17. The van der Waals surface area contributed by atoms with Crippen LogP contribution in [0.1, 0.15) is 5.56 Å². The number of fused-ring (bicyclic) bond motifs is 3. The van der Waals surface area contributed by atoms with Crippen molar-refractivity contribution in [3.63, 3.8) is 0 Å². The Morgan fingerprint density at radius 1 is 0.850 bits per heavy atom. The minimum Gasteiger partial charge on any atom is -0.245 e. The zero-order chi connectivity index (χ0) is 13.5. The number of nitrogens with one attached hydrogen (secondary N) is 1. The van der Waals surface area contributed by atoms with Crippen molar-refractivity contribution in [2.24, 2.45) is 0 Å². The molecular weight excluding hydrogens is 248 g/mol. The molecule has 4 rings (SSSR count). The van der Waals surface area contributed by atoms with Crippen molar-refractivity contribution in [2.45, 2.75) is 6.92 Å². The molecule has 0 fully saturated rings. The number of aryl methyl sites for hydroxylation is 1. The van der Waals surface area contributed by atoms with E-state index < -0.39 is 0 Å². The van der Waals surface area contributed by atoms with Gasteiger partial charge in [-0.1, -0.05) is 42.5 Å². The highest BCUT2D eigenvalue weighted by Crippen LogP contribution is 2.31. The molecule has 0 aliphatic rings. The molecule has 0 saturated heterocycles. The molecule has 0 spiro atoms. The van der Waals surface area contributed by atoms with Crippen molar-refractivity contribution in [1.29, 1.82) is 0 Å². The van der Waals surface area contributed by atoms with Gasteiger partial charge >= 0.3 is 0 Å². The summed E-state index contributed by atoms with van der Waals surface area (Å²) in [5.41, 5.74) is 5.78. The van der Waals surface area contributed by atoms with E-state index in [0.717, 1.165) is 33.2 Å². The highest BCUT2D eigenvalue weighted by molar-refractivity contribution is 6.07. The van der Waals surface area contributed by atoms with Crippen molar-refractivity contribution in [3.8, 4) is 11.3 Å². The lowest BCUT2D eigenvalue weighted by molar-refractivity contribution is 0.960. The Hall–Kier alpha value is -2.75. The summed E-state index contributed by atoms with van der Waals surface area (Å²) in [6.45, 7) is 2.08. The number of pyridine rings is 1. The average Bonchev–Trinajstić information content (AvgIpc) is 2.97. The quantitative estimate of drug-likeness (QED) is 0.570. The maximum atomic E-state index is 4.78. The summed E-state index contributed by atoms with van der Waals surface area (Å²) in [5.74, 6) is 0. The lowest BCUT2D eigenvalue weighted by atomic mass is 10.0. The van der Waals surface area contributed by atoms with E-state index in [9.17, 15) is 0 Å². The first-order valence-electron chi connectivity index (χ1n) is 6.50. The molecule has 0 atom stereocenters. The lowest BCUT2D eigenvalue weighted by Gasteiger charge is -2.07. The Labute approximate surface area is 115 Å². The van der Waals surface area contributed by atoms with Crippen LogP contribution in [0.5, 0.6) is 0 Å². The molecule has 4 heteroatoms. The SMILES string of the molecule is Cc1ccccc1-c1nc2ccccc2c2n[nH]nc12. The van der Waals surface area contributed by atoms with Crippen molar-refractivity contribution in [1.82, 2.24) is 20.4 Å². The molecule has 0 aliphatic heterocycles. The number of aromatic amines is 1. The standard InChI is InChI=1S/C16H12N4/c1-10-6-2-3-7-11(10)14-16-15(18-20-19-16)12-8-4-5-9-13(12)17-14/h2-9H,1H3,(H,18,19,20). The van der Waals surface area contributed by atoms with Crippen molar-refractivity contribution < 1.29 is 0 Å². The van der Waals surface area contributed by atoms with Crippen LogP contribution in [-0.2, 0) is 0 Å². The van der Waals surface area contributed by atoms with E-state index >= 15 is 0 Å². The summed E-state index contributed by atoms with van der Waals surface area (Å²) in [7, 11) is 0. The molecule has 0 saturated carbocycles. The van der Waals surface area contributed by atoms with Crippen LogP contribution in [0.25, 0.3) is 33.2 Å². The number of benzene rings is 2. The minimum atomic E-state index is 0.818. The van der Waals surface area contributed by atoms with Gasteiger partial charge in [-0.3, -0.25) is 0 Å². The molecule has 4 aromatic rings. The van der Waals surface area contributed by atoms with Crippen molar-refractivity contribution in [2.75, 3.05) is 0 Å². The number of nitrogens with zero attached hydrogens (tertiary/aromatic N) is 3. The number of rotatable bonds is 1. The van der Waals surface area contributed by atoms with E-state index in [1.165, 1.54) is 5.56 Å². The highest BCUT2D eigenvalue weighted by Gasteiger charge is 2.14. The molecule has 4 nitrogen and oxygen atoms in total. The normalized spacial score (nSPS) is 11.2. The fourth-order valence-corrected chi connectivity index (χ4v) is 2.55. The summed E-state index contributed by atoms with van der Waals surface area (Å²) in [5, 5.41) is 12.3. The van der Waals surface area contributed by atoms with Crippen LogP contribution in [0.2, 0.25) is 0 Å². The number of aromatic nitrogens is 4. The molecule has 0 bridgehead atoms. The van der Waals surface area contributed by atoms with Gasteiger partial charge in [-0.2, -0.15) is 15.4 Å². The number of para-hydroxylation sites is 1. The molecule has 0 unspecified atom stereocenters. The first-order valence-corrected chi connectivity index (χ1v) is 6.50. The van der Waals surface area contributed by atoms with Gasteiger partial charge in [0, 0.05) is 10.9 Å². The van der Waals surface area contributed by atoms with Crippen molar-refractivity contribution >= 4 is 21.9 Å². The van der Waals surface area contributed by atoms with Crippen LogP contribution in [-0.4, -0.2) is 20.4 Å². The van der Waals surface area contributed by atoms with Crippen LogP contribution in [0.3, 0.4) is 0 Å². The Bertz CT molecular complexity index is 924. The highest BCUT2D eigenvalue weighted by atomic mass is 15.3. The average molecular weight is 260 g/mol. The molecule has 0 aliphatic carbocycles. The molecule has 2 heterocycles. The van der Waals surface area contributed by atoms with Gasteiger partial charge < -0.3 is 0 Å². The largest absolute Gasteiger partial charge is 0.245 e. The van der Waals surface area contributed by atoms with Crippen LogP contribution in [0.4, 0.5) is 0 Å². The van der Waals surface area contributed by atoms with E-state index in [-0.39, 0.29) is 0 Å². The van der Waals surface area contributed by atoms with E-state index in [1.54, 1.807) is 0 Å². The Morgan fingerprint density at radius 3 is 2.50 bits per heavy atom. The van der Waals surface area contributed by atoms with E-state index in [4.69, 9.17) is 4.98 Å². The predicted molar refractivity (Wildman–Crippen MR) is 79.4 cm³/mol. The van der Waals surface area contributed by atoms with Gasteiger partial charge in [0.1, 0.15) is 16.7 Å². The molecule has 96 valence electrons.